The third-order valence-electron chi connectivity index (χ3n) is 2.96. The fraction of sp³-hybridized carbons (Fsp3) is 0.286. The summed E-state index contributed by atoms with van der Waals surface area (Å²) in [5, 5.41) is 5.63. The summed E-state index contributed by atoms with van der Waals surface area (Å²) in [4.78, 5) is 16.7. The smallest absolute Gasteiger partial charge is 0.240 e. The molecule has 1 aliphatic heterocycles. The van der Waals surface area contributed by atoms with Gasteiger partial charge >= 0.3 is 0 Å². The summed E-state index contributed by atoms with van der Waals surface area (Å²) in [6, 6.07) is 8.00. The van der Waals surface area contributed by atoms with E-state index >= 15 is 0 Å². The number of halogens is 1. The number of hydrogen-bond donors (Lipinski definition) is 1. The normalized spacial score (nSPS) is 18.4. The van der Waals surface area contributed by atoms with E-state index in [1.165, 1.54) is 11.3 Å². The van der Waals surface area contributed by atoms with Crippen molar-refractivity contribution in [1.82, 2.24) is 4.98 Å². The van der Waals surface area contributed by atoms with E-state index in [2.05, 4.69) is 26.2 Å². The highest BCUT2D eigenvalue weighted by atomic mass is 79.9. The van der Waals surface area contributed by atoms with Crippen LogP contribution < -0.4 is 5.32 Å². The molecular weight excluding hydrogens is 388 g/mol. The van der Waals surface area contributed by atoms with Crippen LogP contribution in [0.25, 0.3) is 11.3 Å². The molecular formula is C14H13BrN2OS3. The number of hydrogen-bond acceptors (Lipinski definition) is 5. The van der Waals surface area contributed by atoms with E-state index in [1.807, 2.05) is 41.4 Å². The number of carbonyl (C=O) groups is 1. The minimum absolute atomic E-state index is 0.0435. The molecule has 0 bridgehead atoms. The minimum atomic E-state index is 0.0435. The van der Waals surface area contributed by atoms with Gasteiger partial charge < -0.3 is 5.32 Å². The van der Waals surface area contributed by atoms with E-state index in [0.29, 0.717) is 5.13 Å². The predicted molar refractivity (Wildman–Crippen MR) is 97.5 cm³/mol. The van der Waals surface area contributed by atoms with Crippen LogP contribution in [0.1, 0.15) is 0 Å². The Morgan fingerprint density at radius 2 is 2.29 bits per heavy atom. The molecule has 1 aromatic carbocycles. The standard InChI is InChI=1S/C14H13BrN2OS3/c15-10-3-1-2-9(6-10)11-7-21-14(16-11)17-13(18)12-8-19-4-5-20-12/h1-3,6-7,12H,4-5,8H2,(H,16,17,18). The molecule has 0 radical (unpaired) electrons. The van der Waals surface area contributed by atoms with Gasteiger partial charge in [-0.15, -0.1) is 23.1 Å². The number of anilines is 1. The number of benzene rings is 1. The molecule has 1 aliphatic rings. The molecule has 1 fully saturated rings. The largest absolute Gasteiger partial charge is 0.301 e. The molecule has 1 N–H and O–H groups in total. The van der Waals surface area contributed by atoms with Crippen molar-refractivity contribution in [3.8, 4) is 11.3 Å². The number of carbonyl (C=O) groups excluding carboxylic acids is 1. The van der Waals surface area contributed by atoms with Crippen LogP contribution in [-0.4, -0.2) is 33.4 Å². The first-order valence-electron chi connectivity index (χ1n) is 6.44. The van der Waals surface area contributed by atoms with Gasteiger partial charge in [0.25, 0.3) is 0 Å². The van der Waals surface area contributed by atoms with Gasteiger partial charge in [-0.3, -0.25) is 4.79 Å². The predicted octanol–water partition coefficient (Wildman–Crippen LogP) is 4.36. The Balaban J connectivity index is 1.69. The first kappa shape index (κ1) is 15.4. The van der Waals surface area contributed by atoms with E-state index in [-0.39, 0.29) is 11.2 Å². The molecule has 21 heavy (non-hydrogen) atoms. The zero-order valence-corrected chi connectivity index (χ0v) is 15.1. The number of thioether (sulfide) groups is 2. The molecule has 7 heteroatoms. The Bertz CT molecular complexity index is 641. The lowest BCUT2D eigenvalue weighted by Crippen LogP contribution is -2.30. The maximum absolute atomic E-state index is 12.2. The number of aromatic nitrogens is 1. The maximum Gasteiger partial charge on any atom is 0.240 e. The van der Waals surface area contributed by atoms with Crippen LogP contribution in [0.2, 0.25) is 0 Å². The van der Waals surface area contributed by atoms with Gasteiger partial charge in [0.1, 0.15) is 0 Å². The van der Waals surface area contributed by atoms with Crippen LogP contribution >= 0.6 is 50.8 Å². The third kappa shape index (κ3) is 4.03. The molecule has 3 rings (SSSR count). The molecule has 1 atom stereocenters. The number of rotatable bonds is 3. The molecule has 0 aliphatic carbocycles. The number of thiazole rings is 1. The molecule has 1 amide bonds. The first-order chi connectivity index (χ1) is 10.2. The lowest BCUT2D eigenvalue weighted by atomic mass is 10.2. The molecule has 1 unspecified atom stereocenters. The molecule has 1 aromatic heterocycles. The molecule has 2 aromatic rings. The van der Waals surface area contributed by atoms with Crippen molar-refractivity contribution in [2.24, 2.45) is 0 Å². The van der Waals surface area contributed by atoms with Crippen molar-refractivity contribution in [3.63, 3.8) is 0 Å². The Kier molecular flexibility index (Phi) is 5.26. The molecule has 0 spiro atoms. The monoisotopic (exact) mass is 400 g/mol. The lowest BCUT2D eigenvalue weighted by molar-refractivity contribution is -0.115. The Hall–Kier alpha value is -0.500. The summed E-state index contributed by atoms with van der Waals surface area (Å²) in [5.74, 6) is 3.14. The van der Waals surface area contributed by atoms with Crippen molar-refractivity contribution >= 4 is 61.8 Å². The van der Waals surface area contributed by atoms with Gasteiger partial charge in [0.15, 0.2) is 5.13 Å². The Morgan fingerprint density at radius 3 is 3.05 bits per heavy atom. The van der Waals surface area contributed by atoms with Gasteiger partial charge in [-0.05, 0) is 12.1 Å². The highest BCUT2D eigenvalue weighted by Gasteiger charge is 2.22. The van der Waals surface area contributed by atoms with Gasteiger partial charge in [0.2, 0.25) is 5.91 Å². The summed E-state index contributed by atoms with van der Waals surface area (Å²) in [7, 11) is 0. The minimum Gasteiger partial charge on any atom is -0.301 e. The molecule has 110 valence electrons. The second-order valence-electron chi connectivity index (χ2n) is 4.47. The fourth-order valence-electron chi connectivity index (χ4n) is 1.94. The summed E-state index contributed by atoms with van der Waals surface area (Å²) < 4.78 is 1.02. The van der Waals surface area contributed by atoms with Crippen LogP contribution in [0.3, 0.4) is 0 Å². The van der Waals surface area contributed by atoms with Crippen LogP contribution in [-0.2, 0) is 4.79 Å². The van der Waals surface area contributed by atoms with E-state index < -0.39 is 0 Å². The van der Waals surface area contributed by atoms with Gasteiger partial charge in [0.05, 0.1) is 10.9 Å². The van der Waals surface area contributed by atoms with E-state index in [4.69, 9.17) is 0 Å². The lowest BCUT2D eigenvalue weighted by Gasteiger charge is -2.19. The van der Waals surface area contributed by atoms with E-state index in [1.54, 1.807) is 11.8 Å². The van der Waals surface area contributed by atoms with Gasteiger partial charge in [-0.2, -0.15) is 11.8 Å². The van der Waals surface area contributed by atoms with Crippen molar-refractivity contribution in [2.75, 3.05) is 22.6 Å². The summed E-state index contributed by atoms with van der Waals surface area (Å²) in [6.45, 7) is 0. The van der Waals surface area contributed by atoms with Crippen molar-refractivity contribution < 1.29 is 4.79 Å². The van der Waals surface area contributed by atoms with Crippen molar-refractivity contribution in [1.29, 1.82) is 0 Å². The quantitative estimate of drug-likeness (QED) is 0.830. The summed E-state index contributed by atoms with van der Waals surface area (Å²) >= 11 is 8.50. The topological polar surface area (TPSA) is 42.0 Å². The summed E-state index contributed by atoms with van der Waals surface area (Å²) in [6.07, 6.45) is 0. The first-order valence-corrected chi connectivity index (χ1v) is 10.3. The average molecular weight is 401 g/mol. The highest BCUT2D eigenvalue weighted by molar-refractivity contribution is 9.10. The molecule has 3 nitrogen and oxygen atoms in total. The fourth-order valence-corrected chi connectivity index (χ4v) is 5.62. The van der Waals surface area contributed by atoms with Gasteiger partial charge in [0, 0.05) is 32.7 Å². The maximum atomic E-state index is 12.2. The zero-order chi connectivity index (χ0) is 14.7. The summed E-state index contributed by atoms with van der Waals surface area (Å²) in [5.41, 5.74) is 1.94. The van der Waals surface area contributed by atoms with Gasteiger partial charge in [-0.1, -0.05) is 28.1 Å². The Morgan fingerprint density at radius 1 is 1.38 bits per heavy atom. The number of nitrogens with one attached hydrogen (secondary N) is 1. The number of nitrogens with zero attached hydrogens (tertiary/aromatic N) is 1. The second kappa shape index (κ2) is 7.17. The van der Waals surface area contributed by atoms with Crippen LogP contribution in [0.5, 0.6) is 0 Å². The van der Waals surface area contributed by atoms with Crippen LogP contribution in [0, 0.1) is 0 Å². The van der Waals surface area contributed by atoms with Crippen LogP contribution in [0.4, 0.5) is 5.13 Å². The third-order valence-corrected chi connectivity index (χ3v) is 6.97. The van der Waals surface area contributed by atoms with Crippen molar-refractivity contribution in [2.45, 2.75) is 5.25 Å². The Labute approximate surface area is 144 Å². The van der Waals surface area contributed by atoms with Gasteiger partial charge in [-0.25, -0.2) is 4.98 Å². The van der Waals surface area contributed by atoms with E-state index in [0.717, 1.165) is 33.0 Å². The average Bonchev–Trinajstić information content (AvgIpc) is 2.97. The van der Waals surface area contributed by atoms with E-state index in [9.17, 15) is 4.79 Å². The van der Waals surface area contributed by atoms with Crippen LogP contribution in [0.15, 0.2) is 34.1 Å². The second-order valence-corrected chi connectivity index (χ2v) is 8.71. The zero-order valence-electron chi connectivity index (χ0n) is 11.0. The number of amides is 1. The highest BCUT2D eigenvalue weighted by Crippen LogP contribution is 2.29. The molecule has 0 saturated carbocycles. The molecule has 1 saturated heterocycles. The molecule has 2 heterocycles. The SMILES string of the molecule is O=C(Nc1nc(-c2cccc(Br)c2)cs1)C1CSCCS1. The van der Waals surface area contributed by atoms with Crippen molar-refractivity contribution in [3.05, 3.63) is 34.1 Å².